The van der Waals surface area contributed by atoms with Crippen LogP contribution in [0.1, 0.15) is 24.8 Å². The number of nitro benzene ring substituents is 1. The lowest BCUT2D eigenvalue weighted by molar-refractivity contribution is -0.384. The summed E-state index contributed by atoms with van der Waals surface area (Å²) in [5.41, 5.74) is 0.251. The highest BCUT2D eigenvalue weighted by Gasteiger charge is 2.16. The molecule has 0 saturated carbocycles. The van der Waals surface area contributed by atoms with Crippen LogP contribution in [0, 0.1) is 15.9 Å². The van der Waals surface area contributed by atoms with Crippen LogP contribution in [-0.2, 0) is 14.3 Å². The van der Waals surface area contributed by atoms with Gasteiger partial charge in [-0.2, -0.15) is 0 Å². The lowest BCUT2D eigenvalue weighted by atomic mass is 9.98. The first-order chi connectivity index (χ1) is 12.4. The van der Waals surface area contributed by atoms with Crippen LogP contribution in [0.3, 0.4) is 0 Å². The van der Waals surface area contributed by atoms with Gasteiger partial charge in [-0.1, -0.05) is 37.3 Å². The zero-order valence-corrected chi connectivity index (χ0v) is 14.0. The van der Waals surface area contributed by atoms with E-state index in [0.29, 0.717) is 0 Å². The molecule has 1 atom stereocenters. The van der Waals surface area contributed by atoms with Crippen LogP contribution in [0.25, 0.3) is 0 Å². The summed E-state index contributed by atoms with van der Waals surface area (Å²) < 4.78 is 18.5. The second-order valence-corrected chi connectivity index (χ2v) is 5.65. The Balaban J connectivity index is 1.86. The van der Waals surface area contributed by atoms with Gasteiger partial charge >= 0.3 is 5.97 Å². The van der Waals surface area contributed by atoms with E-state index in [1.165, 1.54) is 0 Å². The second kappa shape index (κ2) is 8.70. The van der Waals surface area contributed by atoms with Crippen LogP contribution in [0.5, 0.6) is 0 Å². The SMILES string of the molecule is CC(CC(=O)OCC(=O)Nc1cc([N+](=O)[O-])ccc1F)c1ccccc1. The van der Waals surface area contributed by atoms with Crippen LogP contribution in [0.4, 0.5) is 15.8 Å². The number of hydrogen-bond donors (Lipinski definition) is 1. The number of carbonyl (C=O) groups excluding carboxylic acids is 2. The number of halogens is 1. The summed E-state index contributed by atoms with van der Waals surface area (Å²) in [4.78, 5) is 33.6. The lowest BCUT2D eigenvalue weighted by Gasteiger charge is -2.11. The number of rotatable bonds is 7. The number of nitrogens with one attached hydrogen (secondary N) is 1. The van der Waals surface area contributed by atoms with Gasteiger partial charge in [-0.05, 0) is 17.5 Å². The molecule has 26 heavy (non-hydrogen) atoms. The molecule has 0 aliphatic rings. The first-order valence-corrected chi connectivity index (χ1v) is 7.81. The summed E-state index contributed by atoms with van der Waals surface area (Å²) >= 11 is 0. The molecule has 2 aromatic rings. The number of non-ortho nitro benzene ring substituents is 1. The van der Waals surface area contributed by atoms with Gasteiger partial charge in [0.1, 0.15) is 5.82 Å². The number of anilines is 1. The molecule has 0 bridgehead atoms. The molecule has 0 saturated heterocycles. The number of esters is 1. The Morgan fingerprint density at radius 2 is 1.92 bits per heavy atom. The molecule has 8 heteroatoms. The maximum absolute atomic E-state index is 13.6. The van der Waals surface area contributed by atoms with E-state index >= 15 is 0 Å². The quantitative estimate of drug-likeness (QED) is 0.463. The maximum atomic E-state index is 13.6. The van der Waals surface area contributed by atoms with E-state index in [0.717, 1.165) is 23.8 Å². The molecule has 136 valence electrons. The van der Waals surface area contributed by atoms with Gasteiger partial charge < -0.3 is 10.1 Å². The number of carbonyl (C=O) groups is 2. The standard InChI is InChI=1S/C18H17FN2O5/c1-12(13-5-3-2-4-6-13)9-18(23)26-11-17(22)20-16-10-14(21(24)25)7-8-15(16)19/h2-8,10,12H,9,11H2,1H3,(H,20,22). The Hall–Kier alpha value is -3.29. The first-order valence-electron chi connectivity index (χ1n) is 7.81. The van der Waals surface area contributed by atoms with Crippen LogP contribution >= 0.6 is 0 Å². The van der Waals surface area contributed by atoms with E-state index < -0.39 is 29.2 Å². The van der Waals surface area contributed by atoms with Gasteiger partial charge in [0.25, 0.3) is 11.6 Å². The molecule has 0 radical (unpaired) electrons. The molecule has 0 spiro atoms. The van der Waals surface area contributed by atoms with Crippen LogP contribution in [-0.4, -0.2) is 23.4 Å². The lowest BCUT2D eigenvalue weighted by Crippen LogP contribution is -2.22. The minimum Gasteiger partial charge on any atom is -0.456 e. The third-order valence-corrected chi connectivity index (χ3v) is 3.64. The number of nitro groups is 1. The van der Waals surface area contributed by atoms with Gasteiger partial charge in [0.15, 0.2) is 6.61 Å². The highest BCUT2D eigenvalue weighted by atomic mass is 19.1. The highest BCUT2D eigenvalue weighted by Crippen LogP contribution is 2.21. The van der Waals surface area contributed by atoms with Crippen LogP contribution < -0.4 is 5.32 Å². The second-order valence-electron chi connectivity index (χ2n) is 5.65. The van der Waals surface area contributed by atoms with Crippen molar-refractivity contribution in [2.45, 2.75) is 19.3 Å². The number of amides is 1. The van der Waals surface area contributed by atoms with Crippen molar-refractivity contribution in [3.8, 4) is 0 Å². The Morgan fingerprint density at radius 1 is 1.23 bits per heavy atom. The number of hydrogen-bond acceptors (Lipinski definition) is 5. The molecular formula is C18H17FN2O5. The zero-order chi connectivity index (χ0) is 19.1. The normalized spacial score (nSPS) is 11.5. The van der Waals surface area contributed by atoms with Gasteiger partial charge in [0.05, 0.1) is 17.0 Å². The Morgan fingerprint density at radius 3 is 2.58 bits per heavy atom. The largest absolute Gasteiger partial charge is 0.456 e. The fourth-order valence-electron chi connectivity index (χ4n) is 2.26. The van der Waals surface area contributed by atoms with E-state index in [4.69, 9.17) is 4.74 Å². The topological polar surface area (TPSA) is 98.5 Å². The monoisotopic (exact) mass is 360 g/mol. The molecule has 0 aromatic heterocycles. The minimum absolute atomic E-state index is 0.0824. The summed E-state index contributed by atoms with van der Waals surface area (Å²) in [6, 6.07) is 12.1. The summed E-state index contributed by atoms with van der Waals surface area (Å²) in [6.45, 7) is 1.25. The van der Waals surface area contributed by atoms with Crippen molar-refractivity contribution >= 4 is 23.3 Å². The van der Waals surface area contributed by atoms with Crippen molar-refractivity contribution in [3.05, 3.63) is 70.0 Å². The molecule has 1 N–H and O–H groups in total. The van der Waals surface area contributed by atoms with Crippen molar-refractivity contribution in [1.82, 2.24) is 0 Å². The average molecular weight is 360 g/mol. The molecule has 1 amide bonds. The van der Waals surface area contributed by atoms with Crippen molar-refractivity contribution < 1.29 is 23.6 Å². The van der Waals surface area contributed by atoms with Crippen molar-refractivity contribution in [2.24, 2.45) is 0 Å². The molecule has 0 fully saturated rings. The van der Waals surface area contributed by atoms with Crippen molar-refractivity contribution in [1.29, 1.82) is 0 Å². The predicted octanol–water partition coefficient (Wildman–Crippen LogP) is 3.41. The predicted molar refractivity (Wildman–Crippen MR) is 92.1 cm³/mol. The fourth-order valence-corrected chi connectivity index (χ4v) is 2.26. The molecule has 0 heterocycles. The maximum Gasteiger partial charge on any atom is 0.306 e. The van der Waals surface area contributed by atoms with E-state index in [1.54, 1.807) is 0 Å². The number of benzene rings is 2. The zero-order valence-electron chi connectivity index (χ0n) is 14.0. The van der Waals surface area contributed by atoms with Gasteiger partial charge in [-0.25, -0.2) is 4.39 Å². The van der Waals surface area contributed by atoms with E-state index in [9.17, 15) is 24.1 Å². The molecule has 2 aromatic carbocycles. The summed E-state index contributed by atoms with van der Waals surface area (Å²) in [5, 5.41) is 12.8. The highest BCUT2D eigenvalue weighted by molar-refractivity contribution is 5.93. The van der Waals surface area contributed by atoms with Gasteiger partial charge in [-0.3, -0.25) is 19.7 Å². The Labute approximate surface area is 148 Å². The van der Waals surface area contributed by atoms with E-state index in [-0.39, 0.29) is 23.7 Å². The number of nitrogens with zero attached hydrogens (tertiary/aromatic N) is 1. The molecule has 0 aliphatic heterocycles. The average Bonchev–Trinajstić information content (AvgIpc) is 2.62. The first kappa shape index (κ1) is 19.0. The van der Waals surface area contributed by atoms with E-state index in [1.807, 2.05) is 37.3 Å². The molecule has 7 nitrogen and oxygen atoms in total. The summed E-state index contributed by atoms with van der Waals surface area (Å²) in [6.07, 6.45) is 0.0858. The van der Waals surface area contributed by atoms with Crippen molar-refractivity contribution in [3.63, 3.8) is 0 Å². The van der Waals surface area contributed by atoms with Gasteiger partial charge in [0.2, 0.25) is 0 Å². The van der Waals surface area contributed by atoms with Gasteiger partial charge in [0, 0.05) is 12.1 Å². The Kier molecular flexibility index (Phi) is 6.37. The third-order valence-electron chi connectivity index (χ3n) is 3.64. The molecule has 1 unspecified atom stereocenters. The summed E-state index contributed by atoms with van der Waals surface area (Å²) in [5.74, 6) is -2.27. The number of ether oxygens (including phenoxy) is 1. The third kappa shape index (κ3) is 5.37. The van der Waals surface area contributed by atoms with Crippen LogP contribution in [0.2, 0.25) is 0 Å². The minimum atomic E-state index is -0.826. The van der Waals surface area contributed by atoms with Crippen molar-refractivity contribution in [2.75, 3.05) is 11.9 Å². The molecule has 0 aliphatic carbocycles. The van der Waals surface area contributed by atoms with Gasteiger partial charge in [-0.15, -0.1) is 0 Å². The summed E-state index contributed by atoms with van der Waals surface area (Å²) in [7, 11) is 0. The Bertz CT molecular complexity index is 810. The molecule has 2 rings (SSSR count). The molecular weight excluding hydrogens is 343 g/mol. The fraction of sp³-hybridized carbons (Fsp3) is 0.222. The van der Waals surface area contributed by atoms with Crippen LogP contribution in [0.15, 0.2) is 48.5 Å². The van der Waals surface area contributed by atoms with E-state index in [2.05, 4.69) is 5.32 Å². The smallest absolute Gasteiger partial charge is 0.306 e.